The molecule has 3 N–H and O–H groups in total. The molecule has 0 aromatic heterocycles. The van der Waals surface area contributed by atoms with E-state index in [-0.39, 0.29) is 10.4 Å². The highest BCUT2D eigenvalue weighted by Crippen LogP contribution is 2.15. The molecule has 0 spiro atoms. The molecule has 1 aromatic rings. The Morgan fingerprint density at radius 1 is 1.24 bits per heavy atom. The average molecular weight is 313 g/mol. The summed E-state index contributed by atoms with van der Waals surface area (Å²) in [5.74, 6) is 0.392. The fraction of sp³-hybridized carbons (Fsp3) is 0.571. The molecule has 118 valence electrons. The van der Waals surface area contributed by atoms with Gasteiger partial charge in [-0.25, -0.2) is 13.1 Å². The van der Waals surface area contributed by atoms with Crippen LogP contribution in [-0.4, -0.2) is 31.1 Å². The Morgan fingerprint density at radius 2 is 1.81 bits per heavy atom. The Kier molecular flexibility index (Phi) is 5.60. The zero-order valence-electron chi connectivity index (χ0n) is 13.2. The van der Waals surface area contributed by atoms with E-state index in [0.717, 1.165) is 12.0 Å². The lowest BCUT2D eigenvalue weighted by atomic mass is 9.79. The summed E-state index contributed by atoms with van der Waals surface area (Å²) in [6.07, 6.45) is 0.743. The summed E-state index contributed by atoms with van der Waals surface area (Å²) in [5, 5.41) is 19.0. The summed E-state index contributed by atoms with van der Waals surface area (Å²) in [6.45, 7) is 9.27. The molecule has 0 aliphatic heterocycles. The molecule has 0 fully saturated rings. The van der Waals surface area contributed by atoms with E-state index in [1.165, 1.54) is 6.07 Å². The molecule has 0 atom stereocenters. The third-order valence-electron chi connectivity index (χ3n) is 2.73. The number of hydrogen-bond donors (Lipinski definition) is 3. The van der Waals surface area contributed by atoms with Crippen molar-refractivity contribution < 1.29 is 18.5 Å². The molecule has 7 heteroatoms. The Balaban J connectivity index is 3.30. The van der Waals surface area contributed by atoms with Crippen molar-refractivity contribution in [3.8, 4) is 0 Å². The first-order valence-electron chi connectivity index (χ1n) is 6.95. The van der Waals surface area contributed by atoms with Crippen LogP contribution in [0.2, 0.25) is 0 Å². The van der Waals surface area contributed by atoms with E-state index < -0.39 is 22.7 Å². The molecule has 0 saturated heterocycles. The summed E-state index contributed by atoms with van der Waals surface area (Å²) < 4.78 is 27.3. The molecule has 0 amide bonds. The third kappa shape index (κ3) is 5.43. The minimum absolute atomic E-state index is 0.00454. The second-order valence-electron chi connectivity index (χ2n) is 6.70. The first-order valence-corrected chi connectivity index (χ1v) is 8.43. The topological polar surface area (TPSA) is 86.6 Å². The highest BCUT2D eigenvalue weighted by Gasteiger charge is 2.28. The Labute approximate surface area is 127 Å². The van der Waals surface area contributed by atoms with Gasteiger partial charge in [-0.2, -0.15) is 0 Å². The highest BCUT2D eigenvalue weighted by atomic mass is 32.2. The van der Waals surface area contributed by atoms with E-state index in [1.54, 1.807) is 32.9 Å². The average Bonchev–Trinajstić information content (AvgIpc) is 2.24. The van der Waals surface area contributed by atoms with E-state index in [4.69, 9.17) is 0 Å². The molecule has 0 radical (unpaired) electrons. The van der Waals surface area contributed by atoms with Crippen molar-refractivity contribution >= 4 is 22.6 Å². The molecular weight excluding hydrogens is 289 g/mol. The van der Waals surface area contributed by atoms with Gasteiger partial charge in [-0.3, -0.25) is 0 Å². The largest absolute Gasteiger partial charge is 0.489 e. The third-order valence-corrected chi connectivity index (χ3v) is 4.56. The molecular formula is C14H24BNO4S. The first kappa shape index (κ1) is 18.2. The van der Waals surface area contributed by atoms with Crippen LogP contribution in [0.5, 0.6) is 0 Å². The fourth-order valence-corrected chi connectivity index (χ4v) is 3.74. The summed E-state index contributed by atoms with van der Waals surface area (Å²) in [5.41, 5.74) is 0.236. The van der Waals surface area contributed by atoms with Crippen LogP contribution in [0, 0.1) is 5.92 Å². The standard InChI is InChI=1S/C14H24BNO4S/c1-10(2)8-11-6-7-13(12(9-11)15(17)18)21(19,20)16-14(3,4)5/h6-7,9-10,16-18H,8H2,1-5H3. The number of sulfonamides is 1. The second kappa shape index (κ2) is 6.48. The van der Waals surface area contributed by atoms with Gasteiger partial charge in [0.15, 0.2) is 0 Å². The summed E-state index contributed by atoms with van der Waals surface area (Å²) in [6, 6.07) is 4.69. The molecule has 0 unspecified atom stereocenters. The van der Waals surface area contributed by atoms with Gasteiger partial charge in [-0.15, -0.1) is 0 Å². The molecule has 1 rings (SSSR count). The van der Waals surface area contributed by atoms with Crippen LogP contribution in [0.3, 0.4) is 0 Å². The zero-order chi connectivity index (χ0) is 16.4. The van der Waals surface area contributed by atoms with E-state index in [1.807, 2.05) is 13.8 Å². The van der Waals surface area contributed by atoms with Gasteiger partial charge in [0.1, 0.15) is 0 Å². The van der Waals surface area contributed by atoms with Crippen LogP contribution < -0.4 is 10.2 Å². The van der Waals surface area contributed by atoms with Crippen molar-refractivity contribution in [2.24, 2.45) is 5.92 Å². The Bertz CT molecular complexity index is 591. The van der Waals surface area contributed by atoms with Crippen LogP contribution in [0.15, 0.2) is 23.1 Å². The van der Waals surface area contributed by atoms with Gasteiger partial charge >= 0.3 is 7.12 Å². The monoisotopic (exact) mass is 313 g/mol. The zero-order valence-corrected chi connectivity index (χ0v) is 14.0. The van der Waals surface area contributed by atoms with Crippen molar-refractivity contribution in [3.63, 3.8) is 0 Å². The van der Waals surface area contributed by atoms with Crippen molar-refractivity contribution in [2.75, 3.05) is 0 Å². The normalized spacial score (nSPS) is 12.8. The van der Waals surface area contributed by atoms with Gasteiger partial charge in [-0.05, 0) is 44.7 Å². The first-order chi connectivity index (χ1) is 9.42. The fourth-order valence-electron chi connectivity index (χ4n) is 2.10. The maximum Gasteiger partial charge on any atom is 0.489 e. The van der Waals surface area contributed by atoms with Crippen molar-refractivity contribution in [3.05, 3.63) is 23.8 Å². The maximum absolute atomic E-state index is 12.4. The molecule has 1 aromatic carbocycles. The van der Waals surface area contributed by atoms with Crippen LogP contribution in [-0.2, 0) is 16.4 Å². The van der Waals surface area contributed by atoms with Gasteiger partial charge in [-0.1, -0.05) is 26.0 Å². The summed E-state index contributed by atoms with van der Waals surface area (Å²) >= 11 is 0. The van der Waals surface area contributed by atoms with Gasteiger partial charge < -0.3 is 10.0 Å². The number of nitrogens with one attached hydrogen (secondary N) is 1. The smallest absolute Gasteiger partial charge is 0.423 e. The Hall–Kier alpha value is -0.885. The lowest BCUT2D eigenvalue weighted by molar-refractivity contribution is 0.424. The minimum atomic E-state index is -3.81. The molecule has 0 saturated carbocycles. The van der Waals surface area contributed by atoms with E-state index >= 15 is 0 Å². The minimum Gasteiger partial charge on any atom is -0.423 e. The van der Waals surface area contributed by atoms with Crippen LogP contribution in [0.1, 0.15) is 40.2 Å². The molecule has 0 aliphatic rings. The lowest BCUT2D eigenvalue weighted by Crippen LogP contribution is -2.44. The molecule has 5 nitrogen and oxygen atoms in total. The molecule has 0 aliphatic carbocycles. The molecule has 21 heavy (non-hydrogen) atoms. The van der Waals surface area contributed by atoms with E-state index in [0.29, 0.717) is 5.92 Å². The highest BCUT2D eigenvalue weighted by molar-refractivity contribution is 7.89. The number of hydrogen-bond acceptors (Lipinski definition) is 4. The SMILES string of the molecule is CC(C)Cc1ccc(S(=O)(=O)NC(C)(C)C)c(B(O)O)c1. The number of rotatable bonds is 5. The summed E-state index contributed by atoms with van der Waals surface area (Å²) in [4.78, 5) is -0.0973. The summed E-state index contributed by atoms with van der Waals surface area (Å²) in [7, 11) is -5.64. The predicted molar refractivity (Wildman–Crippen MR) is 84.9 cm³/mol. The van der Waals surface area contributed by atoms with Gasteiger partial charge in [0, 0.05) is 11.0 Å². The second-order valence-corrected chi connectivity index (χ2v) is 8.35. The van der Waals surface area contributed by atoms with Crippen molar-refractivity contribution in [1.29, 1.82) is 0 Å². The van der Waals surface area contributed by atoms with Crippen LogP contribution in [0.4, 0.5) is 0 Å². The van der Waals surface area contributed by atoms with Gasteiger partial charge in [0.25, 0.3) is 0 Å². The van der Waals surface area contributed by atoms with Crippen molar-refractivity contribution in [1.82, 2.24) is 4.72 Å². The maximum atomic E-state index is 12.4. The quantitative estimate of drug-likeness (QED) is 0.696. The molecule has 0 heterocycles. The van der Waals surface area contributed by atoms with Gasteiger partial charge in [0.05, 0.1) is 4.90 Å². The molecule has 0 bridgehead atoms. The van der Waals surface area contributed by atoms with Crippen molar-refractivity contribution in [2.45, 2.75) is 51.5 Å². The van der Waals surface area contributed by atoms with E-state index in [2.05, 4.69) is 4.72 Å². The van der Waals surface area contributed by atoms with Crippen LogP contribution >= 0.6 is 0 Å². The number of benzene rings is 1. The van der Waals surface area contributed by atoms with Gasteiger partial charge in [0.2, 0.25) is 10.0 Å². The van der Waals surface area contributed by atoms with E-state index in [9.17, 15) is 18.5 Å². The van der Waals surface area contributed by atoms with Crippen LogP contribution in [0.25, 0.3) is 0 Å². The predicted octanol–water partition coefficient (Wildman–Crippen LogP) is 0.642. The lowest BCUT2D eigenvalue weighted by Gasteiger charge is -2.22. The Morgan fingerprint density at radius 3 is 2.24 bits per heavy atom.